The average Bonchev–Trinajstić information content (AvgIpc) is 2.55. The highest BCUT2D eigenvalue weighted by molar-refractivity contribution is 5.70. The molecule has 0 saturated heterocycles. The fourth-order valence-corrected chi connectivity index (χ4v) is 2.98. The number of hydrogen-bond acceptors (Lipinski definition) is 3. The molecule has 0 N–H and O–H groups in total. The Morgan fingerprint density at radius 2 is 1.83 bits per heavy atom. The number of halogens is 1. The van der Waals surface area contributed by atoms with E-state index in [0.29, 0.717) is 11.4 Å². The molecule has 0 unspecified atom stereocenters. The predicted molar refractivity (Wildman–Crippen MR) is 94.8 cm³/mol. The largest absolute Gasteiger partial charge is 0.481 e. The maximum Gasteiger partial charge on any atom is 0.213 e. The number of nitrogens with zero attached hydrogens (tertiary/aromatic N) is 1. The summed E-state index contributed by atoms with van der Waals surface area (Å²) in [5, 5.41) is 0. The highest BCUT2D eigenvalue weighted by Crippen LogP contribution is 2.41. The number of pyridine rings is 1. The smallest absolute Gasteiger partial charge is 0.213 e. The number of rotatable bonds is 5. The molecule has 1 aromatic heterocycles. The van der Waals surface area contributed by atoms with Crippen molar-refractivity contribution in [2.45, 2.75) is 40.2 Å². The fourth-order valence-electron chi connectivity index (χ4n) is 2.98. The first-order valence-corrected chi connectivity index (χ1v) is 8.17. The molecule has 0 saturated carbocycles. The van der Waals surface area contributed by atoms with Crippen LogP contribution in [-0.4, -0.2) is 19.2 Å². The molecule has 130 valence electrons. The zero-order chi connectivity index (χ0) is 17.9. The van der Waals surface area contributed by atoms with Crippen LogP contribution in [0.2, 0.25) is 0 Å². The van der Waals surface area contributed by atoms with Crippen molar-refractivity contribution in [2.75, 3.05) is 14.2 Å². The summed E-state index contributed by atoms with van der Waals surface area (Å²) in [6, 6.07) is 7.74. The molecule has 0 aliphatic heterocycles. The third-order valence-electron chi connectivity index (χ3n) is 4.16. The Kier molecular flexibility index (Phi) is 5.60. The second-order valence-corrected chi connectivity index (χ2v) is 6.96. The van der Waals surface area contributed by atoms with Crippen molar-refractivity contribution in [1.29, 1.82) is 0 Å². The zero-order valence-electron chi connectivity index (χ0n) is 15.3. The van der Waals surface area contributed by atoms with Crippen molar-refractivity contribution in [3.05, 3.63) is 47.4 Å². The van der Waals surface area contributed by atoms with Crippen LogP contribution in [-0.2, 0) is 11.2 Å². The molecule has 2 aromatic rings. The predicted octanol–water partition coefficient (Wildman–Crippen LogP) is 5.19. The van der Waals surface area contributed by atoms with E-state index in [4.69, 9.17) is 9.47 Å². The van der Waals surface area contributed by atoms with Crippen LogP contribution in [0, 0.1) is 11.2 Å². The van der Waals surface area contributed by atoms with Crippen molar-refractivity contribution in [2.24, 2.45) is 5.41 Å². The van der Waals surface area contributed by atoms with Gasteiger partial charge in [0, 0.05) is 18.7 Å². The third-order valence-corrected chi connectivity index (χ3v) is 4.16. The van der Waals surface area contributed by atoms with Gasteiger partial charge < -0.3 is 9.47 Å². The average molecular weight is 331 g/mol. The van der Waals surface area contributed by atoms with Gasteiger partial charge in [0.25, 0.3) is 0 Å². The molecule has 1 atom stereocenters. The summed E-state index contributed by atoms with van der Waals surface area (Å²) in [6.07, 6.45) is 1.96. The van der Waals surface area contributed by atoms with E-state index in [-0.39, 0.29) is 17.3 Å². The first-order valence-electron chi connectivity index (χ1n) is 8.17. The van der Waals surface area contributed by atoms with Gasteiger partial charge in [-0.25, -0.2) is 9.37 Å². The van der Waals surface area contributed by atoms with Gasteiger partial charge in [0.15, 0.2) is 0 Å². The first-order chi connectivity index (χ1) is 11.3. The molecule has 4 heteroatoms. The molecule has 0 aliphatic rings. The van der Waals surface area contributed by atoms with Gasteiger partial charge in [-0.2, -0.15) is 0 Å². The molecule has 2 rings (SSSR count). The highest BCUT2D eigenvalue weighted by Gasteiger charge is 2.29. The van der Waals surface area contributed by atoms with E-state index in [0.717, 1.165) is 17.5 Å². The van der Waals surface area contributed by atoms with Crippen LogP contribution in [0.5, 0.6) is 5.88 Å². The van der Waals surface area contributed by atoms with Gasteiger partial charge in [-0.1, -0.05) is 45.9 Å². The van der Waals surface area contributed by atoms with Crippen molar-refractivity contribution in [3.8, 4) is 17.0 Å². The van der Waals surface area contributed by atoms with Crippen LogP contribution in [0.3, 0.4) is 0 Å². The second kappa shape index (κ2) is 7.31. The van der Waals surface area contributed by atoms with Crippen LogP contribution in [0.25, 0.3) is 11.1 Å². The molecule has 24 heavy (non-hydrogen) atoms. The number of aromatic nitrogens is 1. The second-order valence-electron chi connectivity index (χ2n) is 6.96. The SMILES string of the molecule is CCc1ccc(-c2cc(OC)ncc2F)c([C@@H](OC)C(C)(C)C)c1. The molecule has 3 nitrogen and oxygen atoms in total. The summed E-state index contributed by atoms with van der Waals surface area (Å²) in [7, 11) is 3.22. The quantitative estimate of drug-likeness (QED) is 0.755. The summed E-state index contributed by atoms with van der Waals surface area (Å²) in [4.78, 5) is 3.93. The lowest BCUT2D eigenvalue weighted by atomic mass is 9.81. The summed E-state index contributed by atoms with van der Waals surface area (Å²) >= 11 is 0. The Balaban J connectivity index is 2.70. The van der Waals surface area contributed by atoms with E-state index in [1.54, 1.807) is 13.2 Å². The Morgan fingerprint density at radius 1 is 1.12 bits per heavy atom. The van der Waals surface area contributed by atoms with Gasteiger partial charge in [-0.05, 0) is 28.5 Å². The summed E-state index contributed by atoms with van der Waals surface area (Å²) in [5.74, 6) is 0.0201. The van der Waals surface area contributed by atoms with E-state index in [9.17, 15) is 4.39 Å². The van der Waals surface area contributed by atoms with Crippen LogP contribution in [0.15, 0.2) is 30.5 Å². The Bertz CT molecular complexity index is 707. The van der Waals surface area contributed by atoms with Gasteiger partial charge in [0.05, 0.1) is 19.4 Å². The molecule has 0 spiro atoms. The van der Waals surface area contributed by atoms with Gasteiger partial charge >= 0.3 is 0 Å². The minimum atomic E-state index is -0.370. The molecular formula is C20H26FNO2. The topological polar surface area (TPSA) is 31.4 Å². The normalized spacial score (nSPS) is 13.0. The lowest BCUT2D eigenvalue weighted by molar-refractivity contribution is 0.0155. The standard InChI is InChI=1S/C20H26FNO2/c1-7-13-8-9-14(15-11-18(23-5)22-12-17(15)21)16(10-13)19(24-6)20(2,3)4/h8-12,19H,7H2,1-6H3/t19-/m1/s1. The molecule has 0 radical (unpaired) electrons. The number of methoxy groups -OCH3 is 2. The van der Waals surface area contributed by atoms with E-state index in [1.165, 1.54) is 18.9 Å². The Morgan fingerprint density at radius 3 is 2.38 bits per heavy atom. The number of aryl methyl sites for hydroxylation is 1. The Labute approximate surface area is 143 Å². The van der Waals surface area contributed by atoms with Crippen molar-refractivity contribution in [1.82, 2.24) is 4.98 Å². The summed E-state index contributed by atoms with van der Waals surface area (Å²) in [5.41, 5.74) is 3.35. The Hall–Kier alpha value is -1.94. The van der Waals surface area contributed by atoms with Crippen molar-refractivity contribution < 1.29 is 13.9 Å². The summed E-state index contributed by atoms with van der Waals surface area (Å²) in [6.45, 7) is 8.46. The van der Waals surface area contributed by atoms with Crippen LogP contribution < -0.4 is 4.74 Å². The van der Waals surface area contributed by atoms with Gasteiger partial charge in [-0.15, -0.1) is 0 Å². The van der Waals surface area contributed by atoms with Gasteiger partial charge in [0.1, 0.15) is 5.82 Å². The third kappa shape index (κ3) is 3.75. The minimum absolute atomic E-state index is 0.122. The first kappa shape index (κ1) is 18.4. The lowest BCUT2D eigenvalue weighted by Crippen LogP contribution is -2.21. The van der Waals surface area contributed by atoms with Crippen LogP contribution >= 0.6 is 0 Å². The highest BCUT2D eigenvalue weighted by atomic mass is 19.1. The zero-order valence-corrected chi connectivity index (χ0v) is 15.3. The van der Waals surface area contributed by atoms with Crippen molar-refractivity contribution in [3.63, 3.8) is 0 Å². The van der Waals surface area contributed by atoms with Gasteiger partial charge in [0.2, 0.25) is 5.88 Å². The monoisotopic (exact) mass is 331 g/mol. The van der Waals surface area contributed by atoms with E-state index in [2.05, 4.69) is 38.7 Å². The molecular weight excluding hydrogens is 305 g/mol. The van der Waals surface area contributed by atoms with Crippen LogP contribution in [0.4, 0.5) is 4.39 Å². The van der Waals surface area contributed by atoms with Gasteiger partial charge in [-0.3, -0.25) is 0 Å². The number of benzene rings is 1. The molecule has 0 amide bonds. The van der Waals surface area contributed by atoms with E-state index in [1.807, 2.05) is 12.1 Å². The maximum atomic E-state index is 14.5. The molecule has 0 bridgehead atoms. The van der Waals surface area contributed by atoms with Crippen molar-refractivity contribution >= 4 is 0 Å². The van der Waals surface area contributed by atoms with Crippen LogP contribution in [0.1, 0.15) is 44.9 Å². The number of ether oxygens (including phenoxy) is 2. The minimum Gasteiger partial charge on any atom is -0.481 e. The lowest BCUT2D eigenvalue weighted by Gasteiger charge is -2.31. The molecule has 1 heterocycles. The summed E-state index contributed by atoms with van der Waals surface area (Å²) < 4.78 is 25.4. The van der Waals surface area contributed by atoms with E-state index >= 15 is 0 Å². The maximum absolute atomic E-state index is 14.5. The fraction of sp³-hybridized carbons (Fsp3) is 0.450. The molecule has 0 aliphatic carbocycles. The molecule has 0 fully saturated rings. The number of hydrogen-bond donors (Lipinski definition) is 0. The van der Waals surface area contributed by atoms with E-state index < -0.39 is 0 Å². The molecule has 1 aromatic carbocycles.